The van der Waals surface area contributed by atoms with Gasteiger partial charge in [0.25, 0.3) is 0 Å². The predicted octanol–water partition coefficient (Wildman–Crippen LogP) is 7.09. The molecule has 0 saturated heterocycles. The third-order valence-electron chi connectivity index (χ3n) is 6.21. The van der Waals surface area contributed by atoms with Gasteiger partial charge in [0.05, 0.1) is 5.75 Å². The number of carbonyl (C=O) groups excluding carboxylic acids is 2. The molecule has 0 spiro atoms. The summed E-state index contributed by atoms with van der Waals surface area (Å²) in [6.45, 7) is 6.40. The van der Waals surface area contributed by atoms with Gasteiger partial charge >= 0.3 is 0 Å². The summed E-state index contributed by atoms with van der Waals surface area (Å²) < 4.78 is 0. The number of hydrogen-bond acceptors (Lipinski definition) is 3. The average Bonchev–Trinajstić information content (AvgIpc) is 2.87. The number of halogens is 2. The van der Waals surface area contributed by atoms with Crippen molar-refractivity contribution in [2.45, 2.75) is 58.0 Å². The third kappa shape index (κ3) is 9.10. The van der Waals surface area contributed by atoms with E-state index in [4.69, 9.17) is 23.2 Å². The maximum Gasteiger partial charge on any atom is 0.243 e. The highest BCUT2D eigenvalue weighted by atomic mass is 35.5. The van der Waals surface area contributed by atoms with Crippen LogP contribution in [-0.2, 0) is 28.3 Å². The van der Waals surface area contributed by atoms with Gasteiger partial charge in [-0.15, -0.1) is 11.8 Å². The second-order valence-electron chi connectivity index (χ2n) is 9.26. The summed E-state index contributed by atoms with van der Waals surface area (Å²) in [5.74, 6) is 0.580. The number of amides is 2. The van der Waals surface area contributed by atoms with Crippen molar-refractivity contribution in [3.63, 3.8) is 0 Å². The lowest BCUT2D eigenvalue weighted by molar-refractivity contribution is -0.139. The summed E-state index contributed by atoms with van der Waals surface area (Å²) in [6, 6.07) is 22.7. The molecule has 0 bridgehead atoms. The van der Waals surface area contributed by atoms with Crippen molar-refractivity contribution in [1.82, 2.24) is 10.2 Å². The molecule has 7 heteroatoms. The van der Waals surface area contributed by atoms with Crippen molar-refractivity contribution in [1.29, 1.82) is 0 Å². The van der Waals surface area contributed by atoms with Crippen LogP contribution in [0.25, 0.3) is 0 Å². The van der Waals surface area contributed by atoms with Gasteiger partial charge in [0.2, 0.25) is 11.8 Å². The van der Waals surface area contributed by atoms with E-state index in [0.717, 1.165) is 28.7 Å². The lowest BCUT2D eigenvalue weighted by Gasteiger charge is -2.32. The van der Waals surface area contributed by atoms with Gasteiger partial charge in [0, 0.05) is 34.8 Å². The van der Waals surface area contributed by atoms with Crippen molar-refractivity contribution in [3.8, 4) is 0 Å². The van der Waals surface area contributed by atoms with E-state index in [2.05, 4.69) is 11.4 Å². The number of rotatable bonds is 12. The molecule has 0 radical (unpaired) electrons. The van der Waals surface area contributed by atoms with Crippen molar-refractivity contribution in [3.05, 3.63) is 105 Å². The fourth-order valence-electron chi connectivity index (χ4n) is 3.97. The van der Waals surface area contributed by atoms with Crippen molar-refractivity contribution < 1.29 is 9.59 Å². The van der Waals surface area contributed by atoms with Crippen LogP contribution in [0.2, 0.25) is 10.0 Å². The summed E-state index contributed by atoms with van der Waals surface area (Å²) in [4.78, 5) is 29.0. The summed E-state index contributed by atoms with van der Waals surface area (Å²) in [5.41, 5.74) is 4.03. The molecule has 3 aromatic rings. The Kier molecular flexibility index (Phi) is 11.4. The highest BCUT2D eigenvalue weighted by molar-refractivity contribution is 7.99. The number of nitrogens with one attached hydrogen (secondary N) is 1. The van der Waals surface area contributed by atoms with E-state index in [1.54, 1.807) is 17.0 Å². The standard InChI is InChI=1S/C30H34Cl2N2O2S/c1-4-22(3)33-30(36)28(16-23-10-6-5-7-11-23)34(18-24-12-8-9-21(2)15-24)29(35)20-37-19-25-13-14-26(31)17-27(25)32/h5-15,17,22,28H,4,16,18-20H2,1-3H3,(H,33,36)/t22-,28+/m1/s1. The summed E-state index contributed by atoms with van der Waals surface area (Å²) in [7, 11) is 0. The smallest absolute Gasteiger partial charge is 0.243 e. The molecule has 1 N–H and O–H groups in total. The first-order valence-corrected chi connectivity index (χ1v) is 14.4. The Morgan fingerprint density at radius 3 is 2.38 bits per heavy atom. The highest BCUT2D eigenvalue weighted by Gasteiger charge is 2.31. The average molecular weight is 558 g/mol. The first-order chi connectivity index (χ1) is 17.8. The Morgan fingerprint density at radius 1 is 0.973 bits per heavy atom. The minimum Gasteiger partial charge on any atom is -0.352 e. The Morgan fingerprint density at radius 2 is 1.70 bits per heavy atom. The van der Waals surface area contributed by atoms with Gasteiger partial charge in [-0.2, -0.15) is 0 Å². The van der Waals surface area contributed by atoms with Crippen LogP contribution >= 0.6 is 35.0 Å². The molecule has 3 aromatic carbocycles. The van der Waals surface area contributed by atoms with E-state index in [9.17, 15) is 9.59 Å². The third-order valence-corrected chi connectivity index (χ3v) is 7.76. The van der Waals surface area contributed by atoms with Crippen LogP contribution in [0.4, 0.5) is 0 Å². The molecule has 0 aliphatic rings. The minimum absolute atomic E-state index is 0.0168. The van der Waals surface area contributed by atoms with Crippen LogP contribution in [0.5, 0.6) is 0 Å². The molecular formula is C30H34Cl2N2O2S. The van der Waals surface area contributed by atoms with E-state index >= 15 is 0 Å². The molecule has 0 aliphatic carbocycles. The zero-order valence-electron chi connectivity index (χ0n) is 21.5. The zero-order chi connectivity index (χ0) is 26.8. The zero-order valence-corrected chi connectivity index (χ0v) is 23.9. The Labute approximate surface area is 234 Å². The molecule has 0 fully saturated rings. The van der Waals surface area contributed by atoms with Crippen LogP contribution in [0.3, 0.4) is 0 Å². The Balaban J connectivity index is 1.86. The van der Waals surface area contributed by atoms with Crippen LogP contribution in [0.15, 0.2) is 72.8 Å². The van der Waals surface area contributed by atoms with E-state index < -0.39 is 6.04 Å². The molecule has 2 atom stereocenters. The maximum absolute atomic E-state index is 13.7. The number of nitrogens with zero attached hydrogens (tertiary/aromatic N) is 1. The first-order valence-electron chi connectivity index (χ1n) is 12.5. The number of hydrogen-bond donors (Lipinski definition) is 1. The molecule has 0 heterocycles. The molecule has 3 rings (SSSR count). The molecule has 0 unspecified atom stereocenters. The molecule has 196 valence electrons. The van der Waals surface area contributed by atoms with Crippen molar-refractivity contribution >= 4 is 46.8 Å². The molecule has 0 aromatic heterocycles. The number of thioether (sulfide) groups is 1. The summed E-state index contributed by atoms with van der Waals surface area (Å²) in [5, 5.41) is 4.27. The summed E-state index contributed by atoms with van der Waals surface area (Å²) in [6.07, 6.45) is 1.25. The van der Waals surface area contributed by atoms with Gasteiger partial charge in [-0.3, -0.25) is 9.59 Å². The fraction of sp³-hybridized carbons (Fsp3) is 0.333. The van der Waals surface area contributed by atoms with Crippen LogP contribution in [0.1, 0.15) is 42.5 Å². The second-order valence-corrected chi connectivity index (χ2v) is 11.1. The molecule has 37 heavy (non-hydrogen) atoms. The maximum atomic E-state index is 13.7. The molecule has 0 aliphatic heterocycles. The van der Waals surface area contributed by atoms with Gasteiger partial charge in [-0.1, -0.05) is 96.4 Å². The lowest BCUT2D eigenvalue weighted by atomic mass is 10.0. The van der Waals surface area contributed by atoms with E-state index in [0.29, 0.717) is 28.8 Å². The SMILES string of the molecule is CC[C@@H](C)NC(=O)[C@H](Cc1ccccc1)N(Cc1cccc(C)c1)C(=O)CSCc1ccc(Cl)cc1Cl. The van der Waals surface area contributed by atoms with Gasteiger partial charge in [-0.05, 0) is 49.1 Å². The quantitative estimate of drug-likeness (QED) is 0.259. The van der Waals surface area contributed by atoms with Gasteiger partial charge in [0.15, 0.2) is 0 Å². The van der Waals surface area contributed by atoms with Crippen molar-refractivity contribution in [2.75, 3.05) is 5.75 Å². The molecule has 0 saturated carbocycles. The monoisotopic (exact) mass is 556 g/mol. The first kappa shape index (κ1) is 29.1. The van der Waals surface area contributed by atoms with Gasteiger partial charge < -0.3 is 10.2 Å². The number of carbonyl (C=O) groups is 2. The number of benzene rings is 3. The Hall–Kier alpha value is -2.47. The molecule has 4 nitrogen and oxygen atoms in total. The van der Waals surface area contributed by atoms with Crippen molar-refractivity contribution in [2.24, 2.45) is 0 Å². The minimum atomic E-state index is -0.635. The predicted molar refractivity (Wildman–Crippen MR) is 156 cm³/mol. The van der Waals surface area contributed by atoms with E-state index in [-0.39, 0.29) is 23.6 Å². The molecular weight excluding hydrogens is 523 g/mol. The lowest BCUT2D eigenvalue weighted by Crippen LogP contribution is -2.52. The second kappa shape index (κ2) is 14.5. The van der Waals surface area contributed by atoms with Crippen LogP contribution in [-0.4, -0.2) is 34.6 Å². The van der Waals surface area contributed by atoms with Crippen LogP contribution < -0.4 is 5.32 Å². The Bertz CT molecular complexity index is 1190. The fourth-order valence-corrected chi connectivity index (χ4v) is 5.44. The van der Waals surface area contributed by atoms with Crippen LogP contribution in [0, 0.1) is 6.92 Å². The van der Waals surface area contributed by atoms with E-state index in [1.165, 1.54) is 11.8 Å². The largest absolute Gasteiger partial charge is 0.352 e. The topological polar surface area (TPSA) is 49.4 Å². The molecule has 2 amide bonds. The van der Waals surface area contributed by atoms with Gasteiger partial charge in [-0.25, -0.2) is 0 Å². The number of aryl methyl sites for hydroxylation is 1. The normalized spacial score (nSPS) is 12.6. The summed E-state index contributed by atoms with van der Waals surface area (Å²) >= 11 is 13.8. The highest BCUT2D eigenvalue weighted by Crippen LogP contribution is 2.25. The van der Waals surface area contributed by atoms with E-state index in [1.807, 2.05) is 75.4 Å². The van der Waals surface area contributed by atoms with Gasteiger partial charge in [0.1, 0.15) is 6.04 Å².